The van der Waals surface area contributed by atoms with Gasteiger partial charge in [-0.05, 0) is 29.8 Å². The lowest BCUT2D eigenvalue weighted by Crippen LogP contribution is -2.46. The molecule has 3 aromatic rings. The summed E-state index contributed by atoms with van der Waals surface area (Å²) in [4.78, 5) is 19.7. The number of carbonyl (C=O) groups is 1. The minimum absolute atomic E-state index is 0.220. The van der Waals surface area contributed by atoms with Gasteiger partial charge >= 0.3 is 0 Å². The molecule has 0 bridgehead atoms. The highest BCUT2D eigenvalue weighted by atomic mass is 16.5. The average Bonchev–Trinajstić information content (AvgIpc) is 2.85. The molecule has 1 fully saturated rings. The molecule has 0 saturated carbocycles. The standard InChI is InChI=1S/C24H26N4O3/c1-30-18-11-12-19(22(15-18)31-2)27-24(29)20-9-6-10-23(26-20)28-14-13-25-21(16-28)17-7-4-3-5-8-17/h3-12,15,21,25H,13-14,16H2,1-2H3,(H,27,29)/t21-/m1/s1. The lowest BCUT2D eigenvalue weighted by molar-refractivity contribution is 0.102. The maximum atomic E-state index is 12.9. The van der Waals surface area contributed by atoms with Gasteiger partial charge in [0.15, 0.2) is 0 Å². The molecule has 160 valence electrons. The number of piperazine rings is 1. The fourth-order valence-corrected chi connectivity index (χ4v) is 3.68. The van der Waals surface area contributed by atoms with Crippen LogP contribution in [0.25, 0.3) is 0 Å². The highest BCUT2D eigenvalue weighted by Gasteiger charge is 2.22. The van der Waals surface area contributed by atoms with Crippen molar-refractivity contribution in [2.45, 2.75) is 6.04 Å². The summed E-state index contributed by atoms with van der Waals surface area (Å²) >= 11 is 0. The van der Waals surface area contributed by atoms with Crippen molar-refractivity contribution < 1.29 is 14.3 Å². The third kappa shape index (κ3) is 4.78. The van der Waals surface area contributed by atoms with Gasteiger partial charge in [0.25, 0.3) is 5.91 Å². The van der Waals surface area contributed by atoms with E-state index in [1.165, 1.54) is 5.56 Å². The van der Waals surface area contributed by atoms with Crippen LogP contribution in [0, 0.1) is 0 Å². The number of carbonyl (C=O) groups excluding carboxylic acids is 1. The van der Waals surface area contributed by atoms with Gasteiger partial charge in [0.1, 0.15) is 23.0 Å². The summed E-state index contributed by atoms with van der Waals surface area (Å²) in [5, 5.41) is 6.44. The number of benzene rings is 2. The van der Waals surface area contributed by atoms with Crippen LogP contribution in [-0.4, -0.2) is 44.7 Å². The molecule has 0 radical (unpaired) electrons. The van der Waals surface area contributed by atoms with E-state index < -0.39 is 0 Å². The molecule has 1 atom stereocenters. The predicted octanol–water partition coefficient (Wildman–Crippen LogP) is 3.50. The number of ether oxygens (including phenoxy) is 2. The topological polar surface area (TPSA) is 75.7 Å². The van der Waals surface area contributed by atoms with E-state index in [-0.39, 0.29) is 11.9 Å². The third-order valence-electron chi connectivity index (χ3n) is 5.33. The van der Waals surface area contributed by atoms with Crippen molar-refractivity contribution >= 4 is 17.4 Å². The Morgan fingerprint density at radius 1 is 1.06 bits per heavy atom. The molecule has 0 aliphatic carbocycles. The Kier molecular flexibility index (Phi) is 6.33. The molecule has 0 unspecified atom stereocenters. The second kappa shape index (κ2) is 9.49. The second-order valence-electron chi connectivity index (χ2n) is 7.26. The molecule has 1 aliphatic heterocycles. The van der Waals surface area contributed by atoms with Gasteiger partial charge in [-0.25, -0.2) is 4.98 Å². The number of hydrogen-bond donors (Lipinski definition) is 2. The fraction of sp³-hybridized carbons (Fsp3) is 0.250. The van der Waals surface area contributed by atoms with Crippen molar-refractivity contribution in [1.82, 2.24) is 10.3 Å². The fourth-order valence-electron chi connectivity index (χ4n) is 3.68. The molecule has 7 nitrogen and oxygen atoms in total. The van der Waals surface area contributed by atoms with Gasteiger partial charge in [-0.15, -0.1) is 0 Å². The molecule has 2 aromatic carbocycles. The van der Waals surface area contributed by atoms with Crippen LogP contribution in [0.5, 0.6) is 11.5 Å². The predicted molar refractivity (Wildman–Crippen MR) is 121 cm³/mol. The Bertz CT molecular complexity index is 1040. The molecule has 1 aliphatic rings. The van der Waals surface area contributed by atoms with Crippen molar-refractivity contribution in [2.24, 2.45) is 0 Å². The summed E-state index contributed by atoms with van der Waals surface area (Å²) in [5.74, 6) is 1.68. The summed E-state index contributed by atoms with van der Waals surface area (Å²) < 4.78 is 10.6. The van der Waals surface area contributed by atoms with Crippen molar-refractivity contribution in [3.63, 3.8) is 0 Å². The number of nitrogens with one attached hydrogen (secondary N) is 2. The van der Waals surface area contributed by atoms with Crippen LogP contribution < -0.4 is 25.0 Å². The lowest BCUT2D eigenvalue weighted by atomic mass is 10.0. The van der Waals surface area contributed by atoms with Crippen molar-refractivity contribution in [3.05, 3.63) is 78.0 Å². The number of amides is 1. The van der Waals surface area contributed by atoms with Gasteiger partial charge in [-0.3, -0.25) is 4.79 Å². The maximum Gasteiger partial charge on any atom is 0.274 e. The molecular weight excluding hydrogens is 392 g/mol. The maximum absolute atomic E-state index is 12.9. The largest absolute Gasteiger partial charge is 0.497 e. The summed E-state index contributed by atoms with van der Waals surface area (Å²) in [5.41, 5.74) is 2.16. The van der Waals surface area contributed by atoms with Crippen LogP contribution in [0.15, 0.2) is 66.7 Å². The van der Waals surface area contributed by atoms with E-state index in [2.05, 4.69) is 32.7 Å². The first-order valence-electron chi connectivity index (χ1n) is 10.2. The number of anilines is 2. The smallest absolute Gasteiger partial charge is 0.274 e. The third-order valence-corrected chi connectivity index (χ3v) is 5.33. The first kappa shape index (κ1) is 20.7. The van der Waals surface area contributed by atoms with Crippen molar-refractivity contribution in [2.75, 3.05) is 44.1 Å². The summed E-state index contributed by atoms with van der Waals surface area (Å²) in [6, 6.07) is 21.4. The first-order chi connectivity index (χ1) is 15.2. The van der Waals surface area contributed by atoms with Crippen LogP contribution in [0.4, 0.5) is 11.5 Å². The van der Waals surface area contributed by atoms with Crippen LogP contribution in [0.1, 0.15) is 22.1 Å². The zero-order valence-electron chi connectivity index (χ0n) is 17.7. The van der Waals surface area contributed by atoms with E-state index in [1.807, 2.05) is 30.3 Å². The van der Waals surface area contributed by atoms with Crippen LogP contribution in [-0.2, 0) is 0 Å². The molecule has 31 heavy (non-hydrogen) atoms. The Balaban J connectivity index is 1.50. The molecule has 1 amide bonds. The van der Waals surface area contributed by atoms with Gasteiger partial charge < -0.3 is 25.0 Å². The molecule has 0 spiro atoms. The van der Waals surface area contributed by atoms with Crippen LogP contribution in [0.2, 0.25) is 0 Å². The van der Waals surface area contributed by atoms with Crippen molar-refractivity contribution in [1.29, 1.82) is 0 Å². The van der Waals surface area contributed by atoms with Crippen molar-refractivity contribution in [3.8, 4) is 11.5 Å². The normalized spacial score (nSPS) is 15.9. The first-order valence-corrected chi connectivity index (χ1v) is 10.2. The van der Waals surface area contributed by atoms with E-state index in [4.69, 9.17) is 9.47 Å². The van der Waals surface area contributed by atoms with Gasteiger partial charge in [-0.1, -0.05) is 36.4 Å². The Labute approximate surface area is 182 Å². The highest BCUT2D eigenvalue weighted by Crippen LogP contribution is 2.29. The van der Waals surface area contributed by atoms with Gasteiger partial charge in [0.05, 0.1) is 19.9 Å². The minimum atomic E-state index is -0.292. The van der Waals surface area contributed by atoms with E-state index in [9.17, 15) is 4.79 Å². The van der Waals surface area contributed by atoms with E-state index >= 15 is 0 Å². The van der Waals surface area contributed by atoms with E-state index in [1.54, 1.807) is 38.5 Å². The lowest BCUT2D eigenvalue weighted by Gasteiger charge is -2.35. The van der Waals surface area contributed by atoms with Gasteiger partial charge in [0, 0.05) is 31.7 Å². The van der Waals surface area contributed by atoms with E-state index in [0.717, 1.165) is 25.5 Å². The number of aromatic nitrogens is 1. The Hall–Kier alpha value is -3.58. The Morgan fingerprint density at radius 3 is 2.68 bits per heavy atom. The van der Waals surface area contributed by atoms with Crippen LogP contribution in [0.3, 0.4) is 0 Å². The molecule has 1 aromatic heterocycles. The Morgan fingerprint density at radius 2 is 1.90 bits per heavy atom. The molecule has 2 heterocycles. The zero-order chi connectivity index (χ0) is 21.6. The molecule has 2 N–H and O–H groups in total. The summed E-state index contributed by atoms with van der Waals surface area (Å²) in [7, 11) is 3.14. The SMILES string of the molecule is COc1ccc(NC(=O)c2cccc(N3CCN[C@@H](c4ccccc4)C3)n2)c(OC)c1. The quantitative estimate of drug-likeness (QED) is 0.638. The molecule has 4 rings (SSSR count). The molecular formula is C24H26N4O3. The van der Waals surface area contributed by atoms with Gasteiger partial charge in [0.2, 0.25) is 0 Å². The second-order valence-corrected chi connectivity index (χ2v) is 7.26. The zero-order valence-corrected chi connectivity index (χ0v) is 17.7. The highest BCUT2D eigenvalue weighted by molar-refractivity contribution is 6.04. The van der Waals surface area contributed by atoms with E-state index in [0.29, 0.717) is 22.9 Å². The number of hydrogen-bond acceptors (Lipinski definition) is 6. The van der Waals surface area contributed by atoms with Crippen LogP contribution >= 0.6 is 0 Å². The number of methoxy groups -OCH3 is 2. The monoisotopic (exact) mass is 418 g/mol. The molecule has 1 saturated heterocycles. The summed E-state index contributed by atoms with van der Waals surface area (Å²) in [6.45, 7) is 2.46. The number of pyridine rings is 1. The minimum Gasteiger partial charge on any atom is -0.497 e. The average molecular weight is 418 g/mol. The molecule has 7 heteroatoms. The van der Waals surface area contributed by atoms with Gasteiger partial charge in [-0.2, -0.15) is 0 Å². The number of nitrogens with zero attached hydrogens (tertiary/aromatic N) is 2. The number of rotatable bonds is 6. The summed E-state index contributed by atoms with van der Waals surface area (Å²) in [6.07, 6.45) is 0.